The third kappa shape index (κ3) is 8.78. The average Bonchev–Trinajstić information content (AvgIpc) is 2.82. The molecular formula is C27H24F9NO3. The fraction of sp³-hybridized carbons (Fsp3) is 0.333. The van der Waals surface area contributed by atoms with Gasteiger partial charge in [-0.1, -0.05) is 54.1 Å². The van der Waals surface area contributed by atoms with Crippen molar-refractivity contribution in [3.63, 3.8) is 0 Å². The number of ether oxygens (including phenoxy) is 2. The number of aryl methyl sites for hydroxylation is 1. The van der Waals surface area contributed by atoms with Gasteiger partial charge in [0, 0.05) is 18.5 Å². The van der Waals surface area contributed by atoms with Crippen LogP contribution in [0.1, 0.15) is 22.3 Å². The van der Waals surface area contributed by atoms with Crippen LogP contribution < -0.4 is 14.8 Å². The second-order valence-electron chi connectivity index (χ2n) is 9.08. The molecule has 3 rings (SSSR count). The lowest BCUT2D eigenvalue weighted by molar-refractivity contribution is -0.275. The Morgan fingerprint density at radius 3 is 1.62 bits per heavy atom. The van der Waals surface area contributed by atoms with Gasteiger partial charge in [0.1, 0.15) is 11.5 Å². The van der Waals surface area contributed by atoms with Crippen LogP contribution in [0.3, 0.4) is 0 Å². The van der Waals surface area contributed by atoms with Gasteiger partial charge in [0.2, 0.25) is 0 Å². The van der Waals surface area contributed by atoms with Gasteiger partial charge in [-0.15, -0.1) is 26.3 Å². The minimum Gasteiger partial charge on any atom is -0.406 e. The van der Waals surface area contributed by atoms with Crippen LogP contribution in [0.2, 0.25) is 0 Å². The van der Waals surface area contributed by atoms with Crippen LogP contribution in [0, 0.1) is 6.92 Å². The number of hydrogen-bond acceptors (Lipinski definition) is 4. The molecule has 0 aliphatic carbocycles. The summed E-state index contributed by atoms with van der Waals surface area (Å²) >= 11 is 0. The zero-order chi connectivity index (χ0) is 29.8. The van der Waals surface area contributed by atoms with Crippen LogP contribution in [0.25, 0.3) is 0 Å². The van der Waals surface area contributed by atoms with Gasteiger partial charge in [0.25, 0.3) is 0 Å². The second kappa shape index (κ2) is 12.0. The SMILES string of the molecule is Cc1ccc(CC(CNC[C@@H](O)C(F)(F)F)(c2cccc(OC(F)(F)F)c2)c2cccc(OC(F)(F)F)c2)cc1. The molecule has 0 bridgehead atoms. The van der Waals surface area contributed by atoms with Crippen LogP contribution in [0.4, 0.5) is 39.5 Å². The molecule has 40 heavy (non-hydrogen) atoms. The van der Waals surface area contributed by atoms with Crippen LogP contribution in [0.5, 0.6) is 11.5 Å². The van der Waals surface area contributed by atoms with Crippen LogP contribution >= 0.6 is 0 Å². The maximum absolute atomic E-state index is 13.0. The van der Waals surface area contributed by atoms with E-state index in [4.69, 9.17) is 0 Å². The molecule has 1 atom stereocenters. The third-order valence-corrected chi connectivity index (χ3v) is 6.01. The van der Waals surface area contributed by atoms with Gasteiger partial charge in [-0.25, -0.2) is 0 Å². The van der Waals surface area contributed by atoms with Crippen LogP contribution in [-0.4, -0.2) is 43.2 Å². The molecule has 0 aromatic heterocycles. The van der Waals surface area contributed by atoms with E-state index in [-0.39, 0.29) is 17.5 Å². The topological polar surface area (TPSA) is 50.7 Å². The Balaban J connectivity index is 2.20. The summed E-state index contributed by atoms with van der Waals surface area (Å²) in [7, 11) is 0. The number of benzene rings is 3. The summed E-state index contributed by atoms with van der Waals surface area (Å²) in [6.07, 6.45) is -17.9. The largest absolute Gasteiger partial charge is 0.573 e. The Labute approximate surface area is 223 Å². The predicted octanol–water partition coefficient (Wildman–Crippen LogP) is 6.83. The Bertz CT molecular complexity index is 1200. The fourth-order valence-electron chi connectivity index (χ4n) is 4.21. The van der Waals surface area contributed by atoms with E-state index in [1.54, 1.807) is 31.2 Å². The first-order valence-electron chi connectivity index (χ1n) is 11.7. The van der Waals surface area contributed by atoms with E-state index in [2.05, 4.69) is 14.8 Å². The van der Waals surface area contributed by atoms with E-state index in [1.165, 1.54) is 24.3 Å². The highest BCUT2D eigenvalue weighted by molar-refractivity contribution is 5.47. The summed E-state index contributed by atoms with van der Waals surface area (Å²) in [5, 5.41) is 12.0. The highest BCUT2D eigenvalue weighted by Crippen LogP contribution is 2.40. The highest BCUT2D eigenvalue weighted by Gasteiger charge is 2.41. The van der Waals surface area contributed by atoms with Gasteiger partial charge in [0.15, 0.2) is 6.10 Å². The molecule has 3 aromatic rings. The number of aliphatic hydroxyl groups excluding tert-OH is 1. The van der Waals surface area contributed by atoms with Crippen molar-refractivity contribution in [1.82, 2.24) is 5.32 Å². The smallest absolute Gasteiger partial charge is 0.406 e. The van der Waals surface area contributed by atoms with Gasteiger partial charge >= 0.3 is 18.9 Å². The summed E-state index contributed by atoms with van der Waals surface area (Å²) in [6, 6.07) is 16.1. The van der Waals surface area contributed by atoms with Crippen molar-refractivity contribution in [2.75, 3.05) is 13.1 Å². The van der Waals surface area contributed by atoms with Crippen LogP contribution in [-0.2, 0) is 11.8 Å². The molecule has 0 saturated carbocycles. The molecule has 2 N–H and O–H groups in total. The Kier molecular flexibility index (Phi) is 9.30. The Morgan fingerprint density at radius 1 is 0.725 bits per heavy atom. The molecule has 0 heterocycles. The molecule has 0 aliphatic rings. The van der Waals surface area contributed by atoms with Crippen LogP contribution in [0.15, 0.2) is 72.8 Å². The number of nitrogens with one attached hydrogen (secondary N) is 1. The third-order valence-electron chi connectivity index (χ3n) is 6.01. The molecule has 13 heteroatoms. The van der Waals surface area contributed by atoms with Gasteiger partial charge in [0.05, 0.1) is 0 Å². The van der Waals surface area contributed by atoms with E-state index in [1.807, 2.05) is 0 Å². The van der Waals surface area contributed by atoms with Crippen molar-refractivity contribution >= 4 is 0 Å². The normalized spacial score (nSPS) is 13.7. The van der Waals surface area contributed by atoms with E-state index in [0.717, 1.165) is 29.8 Å². The average molecular weight is 581 g/mol. The molecule has 3 aromatic carbocycles. The van der Waals surface area contributed by atoms with Gasteiger partial charge in [-0.2, -0.15) is 13.2 Å². The summed E-state index contributed by atoms with van der Waals surface area (Å²) in [5.41, 5.74) is 0.0622. The summed E-state index contributed by atoms with van der Waals surface area (Å²) in [4.78, 5) is 0. The first-order chi connectivity index (χ1) is 18.5. The predicted molar refractivity (Wildman–Crippen MR) is 127 cm³/mol. The van der Waals surface area contributed by atoms with E-state index >= 15 is 0 Å². The molecule has 0 radical (unpaired) electrons. The Morgan fingerprint density at radius 2 is 1.20 bits per heavy atom. The zero-order valence-corrected chi connectivity index (χ0v) is 20.8. The lowest BCUT2D eigenvalue weighted by Crippen LogP contribution is -2.46. The van der Waals surface area contributed by atoms with Gasteiger partial charge in [-0.05, 0) is 54.3 Å². The lowest BCUT2D eigenvalue weighted by Gasteiger charge is -2.37. The summed E-state index contributed by atoms with van der Waals surface area (Å²) in [6.45, 7) is 0.378. The molecule has 0 unspecified atom stereocenters. The minimum absolute atomic E-state index is 0.0761. The first-order valence-corrected chi connectivity index (χ1v) is 11.7. The number of halogens is 9. The molecule has 0 aliphatic heterocycles. The molecular weight excluding hydrogens is 557 g/mol. The molecule has 4 nitrogen and oxygen atoms in total. The molecule has 218 valence electrons. The van der Waals surface area contributed by atoms with E-state index in [9.17, 15) is 44.6 Å². The van der Waals surface area contributed by atoms with Gasteiger partial charge in [-0.3, -0.25) is 0 Å². The van der Waals surface area contributed by atoms with Crippen molar-refractivity contribution in [3.8, 4) is 11.5 Å². The number of alkyl halides is 9. The quantitative estimate of drug-likeness (QED) is 0.258. The van der Waals surface area contributed by atoms with Crippen molar-refractivity contribution < 1.29 is 54.1 Å². The van der Waals surface area contributed by atoms with Gasteiger partial charge < -0.3 is 19.9 Å². The molecule has 0 saturated heterocycles. The maximum Gasteiger partial charge on any atom is 0.573 e. The number of hydrogen-bond donors (Lipinski definition) is 2. The summed E-state index contributed by atoms with van der Waals surface area (Å²) < 4.78 is 125. The van der Waals surface area contributed by atoms with Crippen molar-refractivity contribution in [1.29, 1.82) is 0 Å². The fourth-order valence-corrected chi connectivity index (χ4v) is 4.21. The van der Waals surface area contributed by atoms with E-state index in [0.29, 0.717) is 5.56 Å². The van der Waals surface area contributed by atoms with Crippen molar-refractivity contribution in [2.24, 2.45) is 0 Å². The number of rotatable bonds is 10. The standard InChI is InChI=1S/C27H24F9NO3/c1-17-8-10-18(11-9-17)14-24(16-37-15-23(38)25(28,29)30,19-4-2-6-21(12-19)39-26(31,32)33)20-5-3-7-22(13-20)40-27(34,35)36/h2-13,23,37-38H,14-16H2,1H3/t23-/m1/s1. The molecule has 0 amide bonds. The molecule has 0 fully saturated rings. The summed E-state index contributed by atoms with van der Waals surface area (Å²) in [5.74, 6) is -1.28. The second-order valence-corrected chi connectivity index (χ2v) is 9.08. The van der Waals surface area contributed by atoms with E-state index < -0.39 is 55.0 Å². The first kappa shape index (κ1) is 31.1. The Hall–Kier alpha value is -3.45. The lowest BCUT2D eigenvalue weighted by atomic mass is 9.70. The molecule has 0 spiro atoms. The minimum atomic E-state index is -5.06. The maximum atomic E-state index is 13.0. The van der Waals surface area contributed by atoms with Crippen molar-refractivity contribution in [3.05, 3.63) is 95.1 Å². The zero-order valence-electron chi connectivity index (χ0n) is 20.8. The number of aliphatic hydroxyl groups is 1. The highest BCUT2D eigenvalue weighted by atomic mass is 19.4. The van der Waals surface area contributed by atoms with Crippen molar-refractivity contribution in [2.45, 2.75) is 43.8 Å². The monoisotopic (exact) mass is 581 g/mol.